The van der Waals surface area contributed by atoms with Gasteiger partial charge in [0.05, 0.1) is 6.07 Å². The van der Waals surface area contributed by atoms with Gasteiger partial charge in [-0.15, -0.1) is 0 Å². The van der Waals surface area contributed by atoms with E-state index in [4.69, 9.17) is 5.26 Å². The molecule has 96 valence electrons. The van der Waals surface area contributed by atoms with Gasteiger partial charge in [0, 0.05) is 18.6 Å². The van der Waals surface area contributed by atoms with E-state index in [2.05, 4.69) is 5.32 Å². The second-order valence-electron chi connectivity index (χ2n) is 4.84. The first kappa shape index (κ1) is 12.8. The van der Waals surface area contributed by atoms with E-state index in [0.717, 1.165) is 32.2 Å². The molecule has 2 heterocycles. The number of nitrogens with zero attached hydrogens (tertiary/aromatic N) is 2. The van der Waals surface area contributed by atoms with Gasteiger partial charge in [-0.05, 0) is 39.2 Å². The van der Waals surface area contributed by atoms with Crippen LogP contribution in [0, 0.1) is 11.3 Å². The van der Waals surface area contributed by atoms with Crippen molar-refractivity contribution in [1.29, 1.82) is 5.26 Å². The Kier molecular flexibility index (Phi) is 3.71. The summed E-state index contributed by atoms with van der Waals surface area (Å²) in [7, 11) is -3.44. The standard InChI is InChI=1S/C11H19N3O2S/c1-9(8-12)17(15,16)14-7-3-5-11(14)10-4-2-6-13-10/h9-11,13H,2-7H2,1H3. The van der Waals surface area contributed by atoms with Gasteiger partial charge in [-0.1, -0.05) is 0 Å². The summed E-state index contributed by atoms with van der Waals surface area (Å²) in [5.41, 5.74) is 0. The molecule has 6 heteroatoms. The SMILES string of the molecule is CC(C#N)S(=O)(=O)N1CCCC1C1CCCN1. The molecule has 0 spiro atoms. The van der Waals surface area contributed by atoms with Gasteiger partial charge in [0.15, 0.2) is 5.25 Å². The van der Waals surface area contributed by atoms with Crippen molar-refractivity contribution in [2.45, 2.75) is 49.9 Å². The van der Waals surface area contributed by atoms with Crippen LogP contribution in [0.3, 0.4) is 0 Å². The Morgan fingerprint density at radius 1 is 1.41 bits per heavy atom. The minimum Gasteiger partial charge on any atom is -0.312 e. The molecule has 2 rings (SSSR count). The fraction of sp³-hybridized carbons (Fsp3) is 0.909. The van der Waals surface area contributed by atoms with Gasteiger partial charge in [0.25, 0.3) is 0 Å². The Hall–Kier alpha value is -0.640. The van der Waals surface area contributed by atoms with Gasteiger partial charge in [0.2, 0.25) is 10.0 Å². The lowest BCUT2D eigenvalue weighted by atomic mass is 10.1. The summed E-state index contributed by atoms with van der Waals surface area (Å²) >= 11 is 0. The van der Waals surface area contributed by atoms with E-state index in [1.807, 2.05) is 6.07 Å². The van der Waals surface area contributed by atoms with Crippen LogP contribution in [-0.2, 0) is 10.0 Å². The van der Waals surface area contributed by atoms with Crippen molar-refractivity contribution in [3.63, 3.8) is 0 Å². The quantitative estimate of drug-likeness (QED) is 0.796. The zero-order chi connectivity index (χ0) is 12.5. The molecule has 0 saturated carbocycles. The van der Waals surface area contributed by atoms with Gasteiger partial charge >= 0.3 is 0 Å². The summed E-state index contributed by atoms with van der Waals surface area (Å²) in [5.74, 6) is 0. The highest BCUT2D eigenvalue weighted by molar-refractivity contribution is 7.90. The molecule has 2 saturated heterocycles. The number of rotatable bonds is 3. The fourth-order valence-electron chi connectivity index (χ4n) is 2.79. The molecular formula is C11H19N3O2S. The Balaban J connectivity index is 2.17. The summed E-state index contributed by atoms with van der Waals surface area (Å²) in [4.78, 5) is 0. The second kappa shape index (κ2) is 4.92. The largest absolute Gasteiger partial charge is 0.312 e. The monoisotopic (exact) mass is 257 g/mol. The first-order valence-electron chi connectivity index (χ1n) is 6.21. The lowest BCUT2D eigenvalue weighted by Crippen LogP contribution is -2.48. The van der Waals surface area contributed by atoms with Crippen LogP contribution in [0.15, 0.2) is 0 Å². The zero-order valence-corrected chi connectivity index (χ0v) is 10.9. The zero-order valence-electron chi connectivity index (χ0n) is 10.1. The van der Waals surface area contributed by atoms with Crippen molar-refractivity contribution in [3.8, 4) is 6.07 Å². The first-order chi connectivity index (χ1) is 8.07. The van der Waals surface area contributed by atoms with Crippen LogP contribution in [-0.4, -0.2) is 43.1 Å². The lowest BCUT2D eigenvalue weighted by molar-refractivity contribution is 0.321. The molecule has 3 atom stereocenters. The molecule has 5 nitrogen and oxygen atoms in total. The van der Waals surface area contributed by atoms with Crippen molar-refractivity contribution in [1.82, 2.24) is 9.62 Å². The average Bonchev–Trinajstić information content (AvgIpc) is 2.96. The van der Waals surface area contributed by atoms with Crippen LogP contribution in [0.25, 0.3) is 0 Å². The molecule has 2 aliphatic heterocycles. The Labute approximate surface area is 103 Å². The molecule has 0 amide bonds. The van der Waals surface area contributed by atoms with Crippen LogP contribution in [0.5, 0.6) is 0 Å². The number of nitrogens with one attached hydrogen (secondary N) is 1. The highest BCUT2D eigenvalue weighted by Crippen LogP contribution is 2.28. The molecule has 17 heavy (non-hydrogen) atoms. The van der Waals surface area contributed by atoms with E-state index in [1.165, 1.54) is 6.92 Å². The maximum atomic E-state index is 12.2. The van der Waals surface area contributed by atoms with E-state index < -0.39 is 15.3 Å². The minimum absolute atomic E-state index is 0.0540. The van der Waals surface area contributed by atoms with E-state index in [9.17, 15) is 8.42 Å². The highest BCUT2D eigenvalue weighted by atomic mass is 32.2. The molecule has 0 bridgehead atoms. The third-order valence-corrected chi connectivity index (χ3v) is 5.87. The summed E-state index contributed by atoms with van der Waals surface area (Å²) in [6.07, 6.45) is 3.97. The van der Waals surface area contributed by atoms with Crippen LogP contribution in [0.2, 0.25) is 0 Å². The number of nitriles is 1. The Morgan fingerprint density at radius 3 is 2.76 bits per heavy atom. The van der Waals surface area contributed by atoms with Crippen molar-refractivity contribution in [3.05, 3.63) is 0 Å². The predicted molar refractivity (Wildman–Crippen MR) is 64.7 cm³/mol. The molecule has 2 fully saturated rings. The van der Waals surface area contributed by atoms with Gasteiger partial charge in [0.1, 0.15) is 0 Å². The van der Waals surface area contributed by atoms with Crippen molar-refractivity contribution < 1.29 is 8.42 Å². The summed E-state index contributed by atoms with van der Waals surface area (Å²) in [5, 5.41) is 11.2. The van der Waals surface area contributed by atoms with Crippen LogP contribution < -0.4 is 5.32 Å². The molecule has 1 N–H and O–H groups in total. The smallest absolute Gasteiger partial charge is 0.230 e. The van der Waals surface area contributed by atoms with Gasteiger partial charge < -0.3 is 5.32 Å². The van der Waals surface area contributed by atoms with Gasteiger partial charge in [-0.3, -0.25) is 0 Å². The number of hydrogen-bond donors (Lipinski definition) is 1. The van der Waals surface area contributed by atoms with Crippen LogP contribution in [0.4, 0.5) is 0 Å². The van der Waals surface area contributed by atoms with Crippen molar-refractivity contribution in [2.24, 2.45) is 0 Å². The highest BCUT2D eigenvalue weighted by Gasteiger charge is 2.41. The van der Waals surface area contributed by atoms with Crippen LogP contribution in [0.1, 0.15) is 32.6 Å². The Bertz CT molecular complexity index is 409. The topological polar surface area (TPSA) is 73.2 Å². The normalized spacial score (nSPS) is 32.5. The molecule has 0 aromatic carbocycles. The molecular weight excluding hydrogens is 238 g/mol. The molecule has 0 aliphatic carbocycles. The maximum Gasteiger partial charge on any atom is 0.230 e. The van der Waals surface area contributed by atoms with Gasteiger partial charge in [-0.25, -0.2) is 8.42 Å². The minimum atomic E-state index is -3.44. The predicted octanol–water partition coefficient (Wildman–Crippen LogP) is 0.445. The summed E-state index contributed by atoms with van der Waals surface area (Å²) in [6, 6.07) is 2.17. The van der Waals surface area contributed by atoms with Crippen LogP contribution >= 0.6 is 0 Å². The lowest BCUT2D eigenvalue weighted by Gasteiger charge is -2.29. The molecule has 0 aromatic heterocycles. The first-order valence-corrected chi connectivity index (χ1v) is 7.71. The van der Waals surface area contributed by atoms with Crippen molar-refractivity contribution >= 4 is 10.0 Å². The van der Waals surface area contributed by atoms with E-state index in [-0.39, 0.29) is 12.1 Å². The fourth-order valence-corrected chi connectivity index (χ4v) is 4.35. The average molecular weight is 257 g/mol. The molecule has 0 radical (unpaired) electrons. The number of sulfonamides is 1. The molecule has 0 aromatic rings. The molecule has 2 aliphatic rings. The van der Waals surface area contributed by atoms with Gasteiger partial charge in [-0.2, -0.15) is 9.57 Å². The van der Waals surface area contributed by atoms with Crippen molar-refractivity contribution in [2.75, 3.05) is 13.1 Å². The van der Waals surface area contributed by atoms with E-state index in [1.54, 1.807) is 4.31 Å². The summed E-state index contributed by atoms with van der Waals surface area (Å²) < 4.78 is 26.0. The van der Waals surface area contributed by atoms with E-state index >= 15 is 0 Å². The second-order valence-corrected chi connectivity index (χ2v) is 7.05. The van der Waals surface area contributed by atoms with E-state index in [0.29, 0.717) is 6.54 Å². The number of hydrogen-bond acceptors (Lipinski definition) is 4. The Morgan fingerprint density at radius 2 is 2.18 bits per heavy atom. The molecule has 3 unspecified atom stereocenters. The third-order valence-electron chi connectivity index (χ3n) is 3.77. The maximum absolute atomic E-state index is 12.2. The third kappa shape index (κ3) is 2.32. The summed E-state index contributed by atoms with van der Waals surface area (Å²) in [6.45, 7) is 3.01.